The van der Waals surface area contributed by atoms with Gasteiger partial charge in [0.05, 0.1) is 26.4 Å². The number of benzene rings is 1. The van der Waals surface area contributed by atoms with Crippen LogP contribution in [0.5, 0.6) is 11.5 Å². The summed E-state index contributed by atoms with van der Waals surface area (Å²) < 4.78 is 12.0. The lowest BCUT2D eigenvalue weighted by Crippen LogP contribution is -2.09. The number of aliphatic hydroxyl groups is 2. The van der Waals surface area contributed by atoms with Crippen molar-refractivity contribution in [1.82, 2.24) is 0 Å². The first kappa shape index (κ1) is 28.8. The summed E-state index contributed by atoms with van der Waals surface area (Å²) in [5.41, 5.74) is 1.43. The summed E-state index contributed by atoms with van der Waals surface area (Å²) in [6.45, 7) is 14.7. The van der Waals surface area contributed by atoms with Crippen molar-refractivity contribution in [2.24, 2.45) is 23.7 Å². The fourth-order valence-electron chi connectivity index (χ4n) is 3.94. The van der Waals surface area contributed by atoms with E-state index in [9.17, 15) is 10.2 Å². The highest BCUT2D eigenvalue weighted by atomic mass is 16.5. The molecule has 0 heterocycles. The molecule has 0 aliphatic heterocycles. The van der Waals surface area contributed by atoms with E-state index >= 15 is 0 Å². The fourth-order valence-corrected chi connectivity index (χ4v) is 3.94. The van der Waals surface area contributed by atoms with Gasteiger partial charge in [0, 0.05) is 11.1 Å². The number of hydrogen-bond donors (Lipinski definition) is 2. The molecule has 0 amide bonds. The van der Waals surface area contributed by atoms with Crippen molar-refractivity contribution in [2.45, 2.75) is 106 Å². The van der Waals surface area contributed by atoms with Crippen LogP contribution in [-0.4, -0.2) is 23.4 Å². The topological polar surface area (TPSA) is 58.9 Å². The molecule has 0 aliphatic rings. The molecule has 2 atom stereocenters. The van der Waals surface area contributed by atoms with Gasteiger partial charge in [0.25, 0.3) is 0 Å². The lowest BCUT2D eigenvalue weighted by molar-refractivity contribution is 0.236. The van der Waals surface area contributed by atoms with E-state index in [1.807, 2.05) is 12.1 Å². The molecule has 0 bridgehead atoms. The van der Waals surface area contributed by atoms with Crippen LogP contribution in [0.4, 0.5) is 0 Å². The zero-order valence-electron chi connectivity index (χ0n) is 21.7. The molecule has 0 saturated heterocycles. The largest absolute Gasteiger partial charge is 0.493 e. The predicted octanol–water partition coefficient (Wildman–Crippen LogP) is 7.13. The molecule has 0 fully saturated rings. The molecule has 1 aromatic rings. The van der Waals surface area contributed by atoms with E-state index in [1.165, 1.54) is 38.5 Å². The molecule has 0 saturated carbocycles. The van der Waals surface area contributed by atoms with Crippen molar-refractivity contribution in [3.05, 3.63) is 23.3 Å². The Morgan fingerprint density at radius 3 is 1.28 bits per heavy atom. The average Bonchev–Trinajstić information content (AvgIpc) is 2.73. The first-order valence-corrected chi connectivity index (χ1v) is 12.9. The smallest absolute Gasteiger partial charge is 0.125 e. The minimum Gasteiger partial charge on any atom is -0.493 e. The van der Waals surface area contributed by atoms with Crippen LogP contribution in [0, 0.1) is 23.7 Å². The Balaban J connectivity index is 2.55. The van der Waals surface area contributed by atoms with Gasteiger partial charge in [-0.2, -0.15) is 0 Å². The summed E-state index contributed by atoms with van der Waals surface area (Å²) in [4.78, 5) is 0. The lowest BCUT2D eigenvalue weighted by atomic mass is 9.97. The Labute approximate surface area is 197 Å². The minimum atomic E-state index is -0.104. The van der Waals surface area contributed by atoms with Gasteiger partial charge >= 0.3 is 0 Å². The quantitative estimate of drug-likeness (QED) is 0.250. The molecule has 186 valence electrons. The van der Waals surface area contributed by atoms with Gasteiger partial charge in [-0.3, -0.25) is 0 Å². The van der Waals surface area contributed by atoms with Crippen molar-refractivity contribution in [3.8, 4) is 11.5 Å². The second-order valence-electron chi connectivity index (χ2n) is 10.5. The first-order chi connectivity index (χ1) is 15.3. The van der Waals surface area contributed by atoms with E-state index in [0.29, 0.717) is 36.5 Å². The SMILES string of the molecule is CC(C)CCCC(C)CCOc1cc(CO)c(OCCC(C)CCCC(C)C)cc1CO. The van der Waals surface area contributed by atoms with Crippen LogP contribution in [0.25, 0.3) is 0 Å². The van der Waals surface area contributed by atoms with Gasteiger partial charge in [0.15, 0.2) is 0 Å². The second kappa shape index (κ2) is 16.4. The van der Waals surface area contributed by atoms with Crippen molar-refractivity contribution in [3.63, 3.8) is 0 Å². The Morgan fingerprint density at radius 1 is 0.594 bits per heavy atom. The molecule has 32 heavy (non-hydrogen) atoms. The molecule has 1 aromatic carbocycles. The van der Waals surface area contributed by atoms with E-state index in [2.05, 4.69) is 41.5 Å². The third-order valence-electron chi connectivity index (χ3n) is 6.28. The van der Waals surface area contributed by atoms with Gasteiger partial charge in [-0.1, -0.05) is 80.1 Å². The predicted molar refractivity (Wildman–Crippen MR) is 134 cm³/mol. The van der Waals surface area contributed by atoms with Gasteiger partial charge in [0.1, 0.15) is 11.5 Å². The minimum absolute atomic E-state index is 0.104. The number of ether oxygens (including phenoxy) is 2. The third-order valence-corrected chi connectivity index (χ3v) is 6.28. The molecule has 2 unspecified atom stereocenters. The second-order valence-corrected chi connectivity index (χ2v) is 10.5. The number of rotatable bonds is 18. The van der Waals surface area contributed by atoms with Crippen molar-refractivity contribution < 1.29 is 19.7 Å². The molecule has 4 nitrogen and oxygen atoms in total. The van der Waals surface area contributed by atoms with Gasteiger partial charge in [0.2, 0.25) is 0 Å². The van der Waals surface area contributed by atoms with Gasteiger partial charge < -0.3 is 19.7 Å². The fraction of sp³-hybridized carbons (Fsp3) is 0.786. The van der Waals surface area contributed by atoms with Crippen LogP contribution in [0.3, 0.4) is 0 Å². The summed E-state index contributed by atoms with van der Waals surface area (Å²) >= 11 is 0. The van der Waals surface area contributed by atoms with Crippen LogP contribution < -0.4 is 9.47 Å². The molecule has 0 aliphatic carbocycles. The molecular formula is C28H50O4. The third kappa shape index (κ3) is 12.1. The molecule has 2 N–H and O–H groups in total. The zero-order chi connectivity index (χ0) is 23.9. The summed E-state index contributed by atoms with van der Waals surface area (Å²) in [7, 11) is 0. The maximum Gasteiger partial charge on any atom is 0.125 e. The summed E-state index contributed by atoms with van der Waals surface area (Å²) in [6.07, 6.45) is 9.50. The zero-order valence-corrected chi connectivity index (χ0v) is 21.7. The molecule has 4 heteroatoms. The van der Waals surface area contributed by atoms with Gasteiger partial charge in [-0.25, -0.2) is 0 Å². The van der Waals surface area contributed by atoms with Crippen molar-refractivity contribution >= 4 is 0 Å². The van der Waals surface area contributed by atoms with Crippen LogP contribution in [0.1, 0.15) is 104 Å². The Hall–Kier alpha value is -1.26. The Bertz CT molecular complexity index is 558. The first-order valence-electron chi connectivity index (χ1n) is 12.9. The Morgan fingerprint density at radius 2 is 0.969 bits per heavy atom. The normalized spacial score (nSPS) is 13.6. The lowest BCUT2D eigenvalue weighted by Gasteiger charge is -2.18. The number of aliphatic hydroxyl groups excluding tert-OH is 2. The summed E-state index contributed by atoms with van der Waals surface area (Å²) in [6, 6.07) is 3.66. The molecule has 1 rings (SSSR count). The standard InChI is InChI=1S/C28H50O4/c1-21(2)9-7-11-23(5)13-15-31-27-17-26(20-30)28(18-25(27)19-29)32-16-14-24(6)12-8-10-22(3)4/h17-18,21-24,29-30H,7-16,19-20H2,1-6H3. The highest BCUT2D eigenvalue weighted by molar-refractivity contribution is 5.46. The van der Waals surface area contributed by atoms with E-state index < -0.39 is 0 Å². The van der Waals surface area contributed by atoms with E-state index in [0.717, 1.165) is 35.8 Å². The molecule has 0 radical (unpaired) electrons. The van der Waals surface area contributed by atoms with E-state index in [1.54, 1.807) is 0 Å². The average molecular weight is 451 g/mol. The van der Waals surface area contributed by atoms with Gasteiger partial charge in [-0.05, 0) is 48.6 Å². The maximum absolute atomic E-state index is 9.84. The molecular weight excluding hydrogens is 400 g/mol. The maximum atomic E-state index is 9.84. The highest BCUT2D eigenvalue weighted by Crippen LogP contribution is 2.30. The van der Waals surface area contributed by atoms with Gasteiger partial charge in [-0.15, -0.1) is 0 Å². The molecule has 0 spiro atoms. The number of hydrogen-bond acceptors (Lipinski definition) is 4. The van der Waals surface area contributed by atoms with Crippen LogP contribution in [-0.2, 0) is 13.2 Å². The highest BCUT2D eigenvalue weighted by Gasteiger charge is 2.13. The van der Waals surface area contributed by atoms with Crippen LogP contribution >= 0.6 is 0 Å². The van der Waals surface area contributed by atoms with Crippen LogP contribution in [0.15, 0.2) is 12.1 Å². The van der Waals surface area contributed by atoms with Crippen LogP contribution in [0.2, 0.25) is 0 Å². The molecule has 0 aromatic heterocycles. The van der Waals surface area contributed by atoms with Crippen molar-refractivity contribution in [1.29, 1.82) is 0 Å². The summed E-state index contributed by atoms with van der Waals surface area (Å²) in [5, 5.41) is 19.7. The van der Waals surface area contributed by atoms with E-state index in [4.69, 9.17) is 9.47 Å². The van der Waals surface area contributed by atoms with E-state index in [-0.39, 0.29) is 13.2 Å². The summed E-state index contributed by atoms with van der Waals surface area (Å²) in [5.74, 6) is 4.07. The Kier molecular flexibility index (Phi) is 14.7. The monoisotopic (exact) mass is 450 g/mol. The van der Waals surface area contributed by atoms with Crippen molar-refractivity contribution in [2.75, 3.05) is 13.2 Å².